The van der Waals surface area contributed by atoms with Crippen molar-refractivity contribution < 1.29 is 28.6 Å². The van der Waals surface area contributed by atoms with Gasteiger partial charge in [-0.3, -0.25) is 5.32 Å². The Morgan fingerprint density at radius 2 is 1.97 bits per heavy atom. The highest BCUT2D eigenvalue weighted by Crippen LogP contribution is 2.29. The fourth-order valence-corrected chi connectivity index (χ4v) is 2.90. The summed E-state index contributed by atoms with van der Waals surface area (Å²) in [5, 5.41) is 7.99. The average molecular weight is 440 g/mol. The largest absolute Gasteiger partial charge is 0.486 e. The van der Waals surface area contributed by atoms with Crippen molar-refractivity contribution in [2.75, 3.05) is 18.5 Å². The molecule has 1 aliphatic heterocycles. The van der Waals surface area contributed by atoms with E-state index in [9.17, 15) is 14.4 Å². The molecule has 10 heteroatoms. The minimum Gasteiger partial charge on any atom is -0.486 e. The van der Waals surface area contributed by atoms with Crippen LogP contribution in [0.2, 0.25) is 5.02 Å². The molecule has 30 heavy (non-hydrogen) atoms. The van der Waals surface area contributed by atoms with Crippen LogP contribution in [-0.4, -0.2) is 43.0 Å². The van der Waals surface area contributed by atoms with E-state index in [1.807, 2.05) is 0 Å². The van der Waals surface area contributed by atoms with Crippen molar-refractivity contribution in [1.29, 1.82) is 0 Å². The summed E-state index contributed by atoms with van der Waals surface area (Å²) in [5.74, 6) is -0.235. The Labute approximate surface area is 180 Å². The van der Waals surface area contributed by atoms with E-state index in [0.29, 0.717) is 11.4 Å². The lowest BCUT2D eigenvalue weighted by atomic mass is 10.0. The number of hydrogen-bond acceptors (Lipinski definition) is 6. The first-order valence-electron chi connectivity index (χ1n) is 9.40. The van der Waals surface area contributed by atoms with Crippen LogP contribution >= 0.6 is 11.6 Å². The van der Waals surface area contributed by atoms with Crippen molar-refractivity contribution in [3.05, 3.63) is 34.5 Å². The third-order valence-corrected chi connectivity index (χ3v) is 4.11. The van der Waals surface area contributed by atoms with Gasteiger partial charge in [-0.1, -0.05) is 11.6 Å². The van der Waals surface area contributed by atoms with Crippen LogP contribution in [0.25, 0.3) is 0 Å². The lowest BCUT2D eigenvalue weighted by molar-refractivity contribution is -0.139. The Morgan fingerprint density at radius 3 is 2.57 bits per heavy atom. The van der Waals surface area contributed by atoms with E-state index in [4.69, 9.17) is 25.8 Å². The minimum absolute atomic E-state index is 0.107. The van der Waals surface area contributed by atoms with E-state index in [-0.39, 0.29) is 29.5 Å². The number of ether oxygens (including phenoxy) is 3. The number of halogens is 1. The van der Waals surface area contributed by atoms with Gasteiger partial charge < -0.3 is 24.8 Å². The van der Waals surface area contributed by atoms with Gasteiger partial charge in [-0.2, -0.15) is 0 Å². The highest BCUT2D eigenvalue weighted by molar-refractivity contribution is 6.32. The summed E-state index contributed by atoms with van der Waals surface area (Å²) in [5.41, 5.74) is 0.363. The number of rotatable bonds is 6. The first-order valence-corrected chi connectivity index (χ1v) is 9.78. The number of carbonyl (C=O) groups is 3. The van der Waals surface area contributed by atoms with Gasteiger partial charge in [0.1, 0.15) is 18.0 Å². The van der Waals surface area contributed by atoms with Crippen molar-refractivity contribution in [2.45, 2.75) is 46.3 Å². The molecule has 1 aromatic carbocycles. The number of benzene rings is 1. The maximum absolute atomic E-state index is 12.2. The minimum atomic E-state index is -0.627. The molecule has 0 saturated carbocycles. The molecule has 0 saturated heterocycles. The van der Waals surface area contributed by atoms with Crippen molar-refractivity contribution in [1.82, 2.24) is 10.6 Å². The molecule has 1 atom stereocenters. The van der Waals surface area contributed by atoms with Crippen molar-refractivity contribution in [2.24, 2.45) is 0 Å². The van der Waals surface area contributed by atoms with E-state index >= 15 is 0 Å². The zero-order chi connectivity index (χ0) is 22.5. The maximum Gasteiger partial charge on any atom is 0.412 e. The molecule has 0 radical (unpaired) electrons. The molecule has 0 unspecified atom stereocenters. The Balaban J connectivity index is 2.12. The van der Waals surface area contributed by atoms with Crippen LogP contribution < -0.4 is 20.7 Å². The van der Waals surface area contributed by atoms with Gasteiger partial charge in [-0.15, -0.1) is 0 Å². The third kappa shape index (κ3) is 6.55. The monoisotopic (exact) mass is 439 g/mol. The average Bonchev–Trinajstić information content (AvgIpc) is 2.58. The molecule has 1 aliphatic rings. The van der Waals surface area contributed by atoms with Gasteiger partial charge in [0.15, 0.2) is 0 Å². The number of carbonyl (C=O) groups excluding carboxylic acids is 3. The Kier molecular flexibility index (Phi) is 7.55. The third-order valence-electron chi connectivity index (χ3n) is 3.81. The molecule has 1 heterocycles. The van der Waals surface area contributed by atoms with Gasteiger partial charge in [-0.05, 0) is 52.8 Å². The molecule has 0 aliphatic carbocycles. The Morgan fingerprint density at radius 1 is 1.27 bits per heavy atom. The van der Waals surface area contributed by atoms with Crippen LogP contribution in [0, 0.1) is 0 Å². The molecule has 9 nitrogen and oxygen atoms in total. The Bertz CT molecular complexity index is 863. The molecule has 0 fully saturated rings. The van der Waals surface area contributed by atoms with Gasteiger partial charge in [-0.25, -0.2) is 14.4 Å². The topological polar surface area (TPSA) is 115 Å². The fourth-order valence-electron chi connectivity index (χ4n) is 2.66. The molecular formula is C20H26ClN3O6. The first kappa shape index (κ1) is 23.3. The van der Waals surface area contributed by atoms with Crippen molar-refractivity contribution >= 4 is 35.4 Å². The second-order valence-electron chi connectivity index (χ2n) is 7.49. The summed E-state index contributed by atoms with van der Waals surface area (Å²) in [6, 6.07) is 3.68. The van der Waals surface area contributed by atoms with E-state index in [1.54, 1.807) is 46.8 Å². The first-order chi connectivity index (χ1) is 14.0. The molecule has 0 aromatic heterocycles. The van der Waals surface area contributed by atoms with E-state index in [2.05, 4.69) is 16.0 Å². The lowest BCUT2D eigenvalue weighted by Gasteiger charge is -2.26. The van der Waals surface area contributed by atoms with Crippen LogP contribution in [-0.2, 0) is 14.3 Å². The van der Waals surface area contributed by atoms with Gasteiger partial charge in [0.05, 0.1) is 28.9 Å². The second-order valence-corrected chi connectivity index (χ2v) is 7.90. The summed E-state index contributed by atoms with van der Waals surface area (Å²) >= 11 is 6.25. The Hall–Kier alpha value is -2.94. The molecular weight excluding hydrogens is 414 g/mol. The van der Waals surface area contributed by atoms with E-state index < -0.39 is 29.7 Å². The highest BCUT2D eigenvalue weighted by Gasteiger charge is 2.30. The van der Waals surface area contributed by atoms with Gasteiger partial charge in [0, 0.05) is 5.69 Å². The lowest BCUT2D eigenvalue weighted by Crippen LogP contribution is -2.50. The molecule has 3 N–H and O–H groups in total. The SMILES string of the molecule is CCOC(=O)C1=C(COc2ccc(NC(=O)OC(C)(C)C)cc2Cl)NC(=O)N[C@H]1C. The quantitative estimate of drug-likeness (QED) is 0.583. The standard InChI is InChI=1S/C20H26ClN3O6/c1-6-28-17(25)16-11(2)22-18(26)24-14(16)10-29-15-8-7-12(9-13(15)21)23-19(27)30-20(3,4)5/h7-9,11H,6,10H2,1-5H3,(H,23,27)(H2,22,24,26)/t11-/m0/s1. The van der Waals surface area contributed by atoms with Crippen LogP contribution in [0.3, 0.4) is 0 Å². The highest BCUT2D eigenvalue weighted by atomic mass is 35.5. The van der Waals surface area contributed by atoms with Crippen molar-refractivity contribution in [3.8, 4) is 5.75 Å². The van der Waals surface area contributed by atoms with E-state index in [0.717, 1.165) is 0 Å². The maximum atomic E-state index is 12.2. The number of hydrogen-bond donors (Lipinski definition) is 3. The molecule has 0 spiro atoms. The molecule has 2 rings (SSSR count). The summed E-state index contributed by atoms with van der Waals surface area (Å²) in [7, 11) is 0. The van der Waals surface area contributed by atoms with Crippen molar-refractivity contribution in [3.63, 3.8) is 0 Å². The van der Waals surface area contributed by atoms with Gasteiger partial charge in [0.25, 0.3) is 0 Å². The van der Waals surface area contributed by atoms with Crippen LogP contribution in [0.15, 0.2) is 29.5 Å². The normalized spacial score (nSPS) is 16.3. The number of urea groups is 1. The van der Waals surface area contributed by atoms with Gasteiger partial charge in [0.2, 0.25) is 0 Å². The summed E-state index contributed by atoms with van der Waals surface area (Å²) in [6.45, 7) is 8.75. The molecule has 0 bridgehead atoms. The molecule has 1 aromatic rings. The number of nitrogens with one attached hydrogen (secondary N) is 3. The molecule has 164 valence electrons. The smallest absolute Gasteiger partial charge is 0.412 e. The van der Waals surface area contributed by atoms with E-state index in [1.165, 1.54) is 6.07 Å². The van der Waals surface area contributed by atoms with Crippen LogP contribution in [0.4, 0.5) is 15.3 Å². The van der Waals surface area contributed by atoms with Gasteiger partial charge >= 0.3 is 18.1 Å². The van der Waals surface area contributed by atoms with Crippen LogP contribution in [0.1, 0.15) is 34.6 Å². The zero-order valence-electron chi connectivity index (χ0n) is 17.6. The van der Waals surface area contributed by atoms with Crippen LogP contribution in [0.5, 0.6) is 5.75 Å². The second kappa shape index (κ2) is 9.71. The summed E-state index contributed by atoms with van der Waals surface area (Å²) in [6.07, 6.45) is -0.608. The fraction of sp³-hybridized carbons (Fsp3) is 0.450. The zero-order valence-corrected chi connectivity index (χ0v) is 18.3. The predicted octanol–water partition coefficient (Wildman–Crippen LogP) is 3.58. The number of anilines is 1. The molecule has 3 amide bonds. The number of esters is 1. The number of amides is 3. The summed E-state index contributed by atoms with van der Waals surface area (Å²) < 4.78 is 15.9. The summed E-state index contributed by atoms with van der Waals surface area (Å²) in [4.78, 5) is 35.9. The predicted molar refractivity (Wildman–Crippen MR) is 112 cm³/mol.